The number of phenolic OH excluding ortho intramolecular Hbond substituents is 2. The third-order valence-electron chi connectivity index (χ3n) is 19.9. The second-order valence-electron chi connectivity index (χ2n) is 30.9. The van der Waals surface area contributed by atoms with Crippen molar-refractivity contribution in [2.24, 2.45) is 17.1 Å². The van der Waals surface area contributed by atoms with Gasteiger partial charge >= 0.3 is 0 Å². The lowest BCUT2D eigenvalue weighted by atomic mass is 9.85. The van der Waals surface area contributed by atoms with Gasteiger partial charge in [0.2, 0.25) is 76.8 Å². The Morgan fingerprint density at radius 3 is 1.82 bits per heavy atom. The molecule has 2 aliphatic rings. The molecule has 0 radical (unpaired) electrons. The van der Waals surface area contributed by atoms with Crippen LogP contribution in [0.3, 0.4) is 0 Å². The Morgan fingerprint density at radius 1 is 0.643 bits per heavy atom. The number of phenols is 2. The van der Waals surface area contributed by atoms with Gasteiger partial charge in [0.15, 0.2) is 0 Å². The van der Waals surface area contributed by atoms with E-state index in [2.05, 4.69) is 68.5 Å². The highest BCUT2D eigenvalue weighted by Gasteiger charge is 2.46. The number of aromatic nitrogens is 2. The molecule has 34 heteroatoms. The summed E-state index contributed by atoms with van der Waals surface area (Å²) in [7, 11) is 0. The largest absolute Gasteiger partial charge is 0.508 e. The van der Waals surface area contributed by atoms with E-state index in [0.717, 1.165) is 11.1 Å². The molecule has 7 rings (SSSR count). The Bertz CT molecular complexity index is 4280. The number of hydrogen-bond acceptors (Lipinski definition) is 20. The van der Waals surface area contributed by atoms with Gasteiger partial charge < -0.3 is 94.5 Å². The fraction of sp³-hybridized carbons (Fsp3) is 0.513. The van der Waals surface area contributed by atoms with Crippen LogP contribution >= 0.6 is 23.5 Å². The summed E-state index contributed by atoms with van der Waals surface area (Å²) in [4.78, 5) is 196. The number of primary amides is 1. The molecule has 2 aromatic heterocycles. The van der Waals surface area contributed by atoms with E-state index in [1.165, 1.54) is 119 Å². The van der Waals surface area contributed by atoms with Crippen LogP contribution in [0.4, 0.5) is 0 Å². The number of aromatic amines is 1. The van der Waals surface area contributed by atoms with Gasteiger partial charge in [-0.05, 0) is 155 Å². The quantitative estimate of drug-likeness (QED) is 0.0874. The molecule has 18 N–H and O–H groups in total. The second-order valence-corrected chi connectivity index (χ2v) is 32.9. The number of aliphatic hydroxyl groups excluding tert-OH is 2. The Morgan fingerprint density at radius 2 is 1.22 bits per heavy atom. The molecule has 4 heterocycles. The lowest BCUT2D eigenvalue weighted by Crippen LogP contribution is -2.67. The first-order valence-corrected chi connectivity index (χ1v) is 39.3. The third kappa shape index (κ3) is 23.9. The smallest absolute Gasteiger partial charge is 0.246 e. The number of carbonyl (C=O) groups is 13. The number of aliphatic hydroxyl groups is 2. The number of thioether (sulfide) groups is 2. The number of amides is 13. The highest BCUT2D eigenvalue weighted by molar-refractivity contribution is 7.98. The molecule has 1 fully saturated rings. The third-order valence-corrected chi connectivity index (χ3v) is 22.1. The number of pyridine rings is 1. The minimum atomic E-state index is -1.92. The van der Waals surface area contributed by atoms with Crippen molar-refractivity contribution in [2.75, 3.05) is 18.1 Å². The van der Waals surface area contributed by atoms with Crippen LogP contribution in [0.1, 0.15) is 135 Å². The van der Waals surface area contributed by atoms with Crippen LogP contribution in [0.2, 0.25) is 0 Å². The lowest BCUT2D eigenvalue weighted by molar-refractivity contribution is -0.143. The van der Waals surface area contributed by atoms with Gasteiger partial charge in [0.1, 0.15) is 88.6 Å². The number of benzene rings is 3. The SMILES string of the molecule is CC(=O)N[C@H]1CSCc2cccc(c2)CSC[C@@H](C(N)=O)NC(=O)[C@H]([C@@H](C)O)NC(=O)[C@](C)(C(C)C)NC(=O)[C@H](Cc2c(C)cc(O)cc2C)NC(=O)[C@H](C)NC(=O)C(C)(C)NC(=O)[C@H](Cc2c[nH]c3ncccc23)NC(=O)[C@H]([C@@H](C)O)NC(=O)[C@@H]2CCCN2C(=O)[C@H](Cc2ccc(O)cc2)NC(=O)[C@H](C(C)(C)C)NC1=O. The first kappa shape index (κ1) is 88.9. The maximum atomic E-state index is 15.2. The molecular formula is C78H107N15O17S2. The van der Waals surface area contributed by atoms with E-state index in [1.54, 1.807) is 72.9 Å². The molecule has 2 aliphatic heterocycles. The normalized spacial score (nSPS) is 25.4. The summed E-state index contributed by atoms with van der Waals surface area (Å²) in [5.41, 5.74) is 5.43. The van der Waals surface area contributed by atoms with Crippen LogP contribution in [0, 0.1) is 25.2 Å². The van der Waals surface area contributed by atoms with Gasteiger partial charge in [-0.1, -0.05) is 71.0 Å². The molecule has 13 atom stereocenters. The number of hydrogen-bond donors (Lipinski definition) is 17. The maximum Gasteiger partial charge on any atom is 0.246 e. The number of H-pyrrole nitrogens is 1. The maximum absolute atomic E-state index is 15.2. The number of nitrogens with zero attached hydrogens (tertiary/aromatic N) is 2. The van der Waals surface area contributed by atoms with E-state index in [0.29, 0.717) is 50.4 Å². The summed E-state index contributed by atoms with van der Waals surface area (Å²) in [6, 6.07) is 4.66. The first-order chi connectivity index (χ1) is 52.5. The van der Waals surface area contributed by atoms with Gasteiger partial charge in [0, 0.05) is 73.5 Å². The van der Waals surface area contributed by atoms with Gasteiger partial charge in [-0.15, -0.1) is 0 Å². The molecule has 2 bridgehead atoms. The average molecular weight is 1590 g/mol. The Kier molecular flexibility index (Phi) is 30.8. The number of aromatic hydroxyl groups is 2. The molecule has 0 unspecified atom stereocenters. The number of nitrogens with one attached hydrogen (secondary N) is 12. The first-order valence-electron chi connectivity index (χ1n) is 37.0. The fourth-order valence-corrected chi connectivity index (χ4v) is 15.0. The van der Waals surface area contributed by atoms with Crippen LogP contribution in [0.25, 0.3) is 11.0 Å². The van der Waals surface area contributed by atoms with Crippen molar-refractivity contribution in [3.05, 3.63) is 124 Å². The molecule has 1 saturated heterocycles. The van der Waals surface area contributed by atoms with Crippen LogP contribution < -0.4 is 64.2 Å². The minimum absolute atomic E-state index is 0.0123. The van der Waals surface area contributed by atoms with E-state index < -0.39 is 172 Å². The molecule has 0 spiro atoms. The highest BCUT2D eigenvalue weighted by atomic mass is 32.2. The van der Waals surface area contributed by atoms with Crippen LogP contribution in [0.5, 0.6) is 11.5 Å². The molecule has 5 aromatic rings. The van der Waals surface area contributed by atoms with Crippen molar-refractivity contribution < 1.29 is 82.8 Å². The van der Waals surface area contributed by atoms with Gasteiger partial charge in [-0.2, -0.15) is 23.5 Å². The van der Waals surface area contributed by atoms with E-state index in [9.17, 15) is 78.0 Å². The van der Waals surface area contributed by atoms with Gasteiger partial charge in [0.25, 0.3) is 0 Å². The van der Waals surface area contributed by atoms with E-state index in [4.69, 9.17) is 5.73 Å². The molecule has 3 aromatic carbocycles. The predicted octanol–water partition coefficient (Wildman–Crippen LogP) is 0.912. The second kappa shape index (κ2) is 38.7. The summed E-state index contributed by atoms with van der Waals surface area (Å²) in [5, 5.41) is 73.0. The van der Waals surface area contributed by atoms with Crippen molar-refractivity contribution in [2.45, 2.75) is 224 Å². The number of aryl methyl sites for hydroxylation is 2. The van der Waals surface area contributed by atoms with E-state index in [1.807, 2.05) is 18.2 Å². The zero-order valence-corrected chi connectivity index (χ0v) is 67.2. The van der Waals surface area contributed by atoms with Crippen molar-refractivity contribution in [1.29, 1.82) is 0 Å². The Balaban J connectivity index is 1.24. The van der Waals surface area contributed by atoms with Crippen molar-refractivity contribution in [1.82, 2.24) is 73.4 Å². The summed E-state index contributed by atoms with van der Waals surface area (Å²) in [6.07, 6.45) is -0.564. The van der Waals surface area contributed by atoms with Gasteiger partial charge in [-0.3, -0.25) is 62.3 Å². The summed E-state index contributed by atoms with van der Waals surface area (Å²) >= 11 is 2.52. The highest BCUT2D eigenvalue weighted by Crippen LogP contribution is 2.28. The lowest BCUT2D eigenvalue weighted by Gasteiger charge is -2.36. The van der Waals surface area contributed by atoms with Crippen molar-refractivity contribution >= 4 is 111 Å². The zero-order chi connectivity index (χ0) is 83.0. The van der Waals surface area contributed by atoms with Gasteiger partial charge in [0.05, 0.1) is 12.2 Å². The van der Waals surface area contributed by atoms with Gasteiger partial charge in [-0.25, -0.2) is 4.98 Å². The standard InChI is InChI=1S/C78H107N15O17S2/c1-39(2)78(14)75(110)89-61(44(7)95)71(106)87-57(63(79)99)37-111-35-47-18-15-19-48(30-47)36-112-38-58(83-45(8)96)66(101)90-62(76(9,10)11)72(107)86-56(31-46-22-24-50(97)25-23-46)73(108)93-27-17-21-59(93)69(104)88-60(43(6)94)70(105)85-54(32-49-34-81-64-52(49)20-16-26-80-64)67(102)91-77(12,13)74(109)82-42(5)65(100)84-55(68(103)92-78)33-53-40(3)28-51(98)29-41(53)4/h15-16,18-20,22-26,28-30,34,39,42-44,54-62,94-95,97-98H,17,21,27,31-33,35-38H2,1-14H3,(H2,79,99)(H,80,81)(H,82,109)(H,83,96)(H,84,100)(H,85,105)(H,86,107)(H,87,106)(H,88,104)(H,89,110)(H,90,101)(H,91,102)(H,92,103)/t42-,43+,44+,54-,55-,56-,57-,58-,59-,60-,61-,62+,78-/m0/s1. The number of nitrogens with two attached hydrogens (primary N) is 1. The monoisotopic (exact) mass is 1590 g/mol. The summed E-state index contributed by atoms with van der Waals surface area (Å²) in [5.74, 6) is -11.9. The van der Waals surface area contributed by atoms with Crippen molar-refractivity contribution in [3.63, 3.8) is 0 Å². The van der Waals surface area contributed by atoms with E-state index in [-0.39, 0.29) is 61.7 Å². The van der Waals surface area contributed by atoms with Crippen LogP contribution in [0.15, 0.2) is 85.2 Å². The number of rotatable bonds is 11. The molecule has 32 nitrogen and oxygen atoms in total. The fourth-order valence-electron chi connectivity index (χ4n) is 13.0. The Labute approximate surface area is 659 Å². The average Bonchev–Trinajstić information content (AvgIpc) is 0.975. The Hall–Kier alpha value is -10.3. The molecule has 608 valence electrons. The molecule has 112 heavy (non-hydrogen) atoms. The van der Waals surface area contributed by atoms with Crippen molar-refractivity contribution in [3.8, 4) is 11.5 Å². The number of carbonyl (C=O) groups excluding carboxylic acids is 13. The van der Waals surface area contributed by atoms with E-state index >= 15 is 4.79 Å². The predicted molar refractivity (Wildman–Crippen MR) is 421 cm³/mol. The molecule has 0 saturated carbocycles. The minimum Gasteiger partial charge on any atom is -0.508 e. The number of fused-ring (bicyclic) bond motifs is 4. The summed E-state index contributed by atoms with van der Waals surface area (Å²) < 4.78 is 0. The van der Waals surface area contributed by atoms with Crippen LogP contribution in [-0.2, 0) is 93.1 Å². The summed E-state index contributed by atoms with van der Waals surface area (Å²) in [6.45, 7) is 20.5. The topological polar surface area (TPSA) is 493 Å². The van der Waals surface area contributed by atoms with Crippen LogP contribution in [-0.4, -0.2) is 214 Å². The molecule has 0 aliphatic carbocycles. The molecular weight excluding hydrogens is 1480 g/mol. The molecule has 13 amide bonds. The zero-order valence-electron chi connectivity index (χ0n) is 65.5.